The van der Waals surface area contributed by atoms with Gasteiger partial charge < -0.3 is 4.90 Å². The second kappa shape index (κ2) is 5.70. The second-order valence-corrected chi connectivity index (χ2v) is 5.60. The summed E-state index contributed by atoms with van der Waals surface area (Å²) in [7, 11) is 0. The molecule has 1 fully saturated rings. The van der Waals surface area contributed by atoms with Crippen LogP contribution in [0.1, 0.15) is 36.1 Å². The minimum Gasteiger partial charge on any atom is -0.356 e. The first kappa shape index (κ1) is 14.4. The zero-order chi connectivity index (χ0) is 15.7. The van der Waals surface area contributed by atoms with Crippen LogP contribution < -0.4 is 4.90 Å². The summed E-state index contributed by atoms with van der Waals surface area (Å²) in [5.74, 6) is 2.69. The van der Waals surface area contributed by atoms with Crippen molar-refractivity contribution in [2.24, 2.45) is 0 Å². The summed E-state index contributed by atoms with van der Waals surface area (Å²) in [4.78, 5) is 21.4. The maximum atomic E-state index is 10.9. The summed E-state index contributed by atoms with van der Waals surface area (Å²) in [6.45, 7) is 5.23. The van der Waals surface area contributed by atoms with E-state index < -0.39 is 4.92 Å². The average molecular weight is 302 g/mol. The Labute approximate surface area is 127 Å². The summed E-state index contributed by atoms with van der Waals surface area (Å²) < 4.78 is 0. The lowest BCUT2D eigenvalue weighted by atomic mass is 9.97. The Hall–Kier alpha value is -2.51. The van der Waals surface area contributed by atoms with Gasteiger partial charge in [-0.3, -0.25) is 15.2 Å². The van der Waals surface area contributed by atoms with Crippen molar-refractivity contribution in [1.29, 1.82) is 0 Å². The molecule has 2 aromatic rings. The van der Waals surface area contributed by atoms with E-state index >= 15 is 0 Å². The fourth-order valence-electron chi connectivity index (χ4n) is 2.85. The van der Waals surface area contributed by atoms with E-state index in [0.717, 1.165) is 43.4 Å². The Balaban J connectivity index is 1.80. The van der Waals surface area contributed by atoms with Crippen molar-refractivity contribution in [2.45, 2.75) is 32.6 Å². The first-order valence-electron chi connectivity index (χ1n) is 7.30. The highest BCUT2D eigenvalue weighted by atomic mass is 16.6. The Kier molecular flexibility index (Phi) is 3.74. The van der Waals surface area contributed by atoms with Crippen LogP contribution in [0, 0.1) is 24.0 Å². The van der Waals surface area contributed by atoms with E-state index in [1.807, 2.05) is 6.92 Å². The van der Waals surface area contributed by atoms with Gasteiger partial charge in [-0.05, 0) is 32.8 Å². The lowest BCUT2D eigenvalue weighted by Gasteiger charge is -2.32. The number of nitro groups is 1. The van der Waals surface area contributed by atoms with Crippen molar-refractivity contribution < 1.29 is 4.92 Å². The molecule has 2 aromatic heterocycles. The van der Waals surface area contributed by atoms with E-state index in [0.29, 0.717) is 5.69 Å². The largest absolute Gasteiger partial charge is 0.356 e. The van der Waals surface area contributed by atoms with E-state index in [9.17, 15) is 10.1 Å². The maximum absolute atomic E-state index is 10.9. The molecule has 0 aliphatic carbocycles. The smallest absolute Gasteiger partial charge is 0.290 e. The molecule has 0 aromatic carbocycles. The number of hydrogen-bond acceptors (Lipinski definition) is 6. The maximum Gasteiger partial charge on any atom is 0.290 e. The summed E-state index contributed by atoms with van der Waals surface area (Å²) in [5.41, 5.74) is 0.500. The van der Waals surface area contributed by atoms with Crippen molar-refractivity contribution in [3.8, 4) is 0 Å². The highest BCUT2D eigenvalue weighted by Gasteiger charge is 2.26. The number of nitrogens with one attached hydrogen (secondary N) is 1. The number of piperidine rings is 1. The normalized spacial score (nSPS) is 18.5. The highest BCUT2D eigenvalue weighted by Crippen LogP contribution is 2.28. The van der Waals surface area contributed by atoms with Gasteiger partial charge in [0.05, 0.1) is 4.92 Å². The zero-order valence-electron chi connectivity index (χ0n) is 12.6. The SMILES string of the molecule is Cc1nc(C2CCCN(c3ccc([N+](=O)[O-])c(C)n3)C2)n[nH]1. The molecule has 0 spiro atoms. The van der Waals surface area contributed by atoms with Crippen molar-refractivity contribution in [3.63, 3.8) is 0 Å². The molecular formula is C14H18N6O2. The molecule has 0 saturated carbocycles. The number of aryl methyl sites for hydroxylation is 2. The molecule has 116 valence electrons. The Morgan fingerprint density at radius 3 is 2.82 bits per heavy atom. The van der Waals surface area contributed by atoms with Gasteiger partial charge in [0.15, 0.2) is 5.82 Å². The van der Waals surface area contributed by atoms with E-state index in [2.05, 4.69) is 25.1 Å². The molecule has 3 rings (SSSR count). The molecule has 1 aliphatic rings. The third-order valence-corrected chi connectivity index (χ3v) is 3.96. The van der Waals surface area contributed by atoms with E-state index in [1.165, 1.54) is 6.07 Å². The summed E-state index contributed by atoms with van der Waals surface area (Å²) in [6, 6.07) is 3.25. The monoisotopic (exact) mass is 302 g/mol. The molecule has 1 aliphatic heterocycles. The highest BCUT2D eigenvalue weighted by molar-refractivity contribution is 5.47. The van der Waals surface area contributed by atoms with Gasteiger partial charge in [0.1, 0.15) is 17.3 Å². The molecule has 0 bridgehead atoms. The van der Waals surface area contributed by atoms with Crippen LogP contribution in [0.2, 0.25) is 0 Å². The number of hydrogen-bond donors (Lipinski definition) is 1. The van der Waals surface area contributed by atoms with Crippen LogP contribution in [0.4, 0.5) is 11.5 Å². The van der Waals surface area contributed by atoms with Gasteiger partial charge in [0, 0.05) is 25.1 Å². The molecule has 0 amide bonds. The third-order valence-electron chi connectivity index (χ3n) is 3.96. The number of rotatable bonds is 3. The molecule has 8 nitrogen and oxygen atoms in total. The van der Waals surface area contributed by atoms with Gasteiger partial charge in [-0.15, -0.1) is 0 Å². The second-order valence-electron chi connectivity index (χ2n) is 5.60. The quantitative estimate of drug-likeness (QED) is 0.688. The predicted molar refractivity (Wildman–Crippen MR) is 80.9 cm³/mol. The number of aromatic amines is 1. The summed E-state index contributed by atoms with van der Waals surface area (Å²) >= 11 is 0. The van der Waals surface area contributed by atoms with Crippen molar-refractivity contribution >= 4 is 11.5 Å². The van der Waals surface area contributed by atoms with Gasteiger partial charge in [0.2, 0.25) is 0 Å². The molecule has 3 heterocycles. The van der Waals surface area contributed by atoms with Crippen LogP contribution in [0.15, 0.2) is 12.1 Å². The Morgan fingerprint density at radius 2 is 2.18 bits per heavy atom. The van der Waals surface area contributed by atoms with Gasteiger partial charge in [-0.2, -0.15) is 5.10 Å². The van der Waals surface area contributed by atoms with Crippen molar-refractivity contribution in [1.82, 2.24) is 20.2 Å². The van der Waals surface area contributed by atoms with E-state index in [4.69, 9.17) is 0 Å². The van der Waals surface area contributed by atoms with Crippen LogP contribution in [-0.2, 0) is 0 Å². The van der Waals surface area contributed by atoms with Crippen molar-refractivity contribution in [2.75, 3.05) is 18.0 Å². The van der Waals surface area contributed by atoms with Crippen molar-refractivity contribution in [3.05, 3.63) is 39.6 Å². The minimum atomic E-state index is -0.401. The standard InChI is InChI=1S/C14H18N6O2/c1-9-12(20(21)22)5-6-13(15-9)19-7-3-4-11(8-19)14-16-10(2)17-18-14/h5-6,11H,3-4,7-8H2,1-2H3,(H,16,17,18). The van der Waals surface area contributed by atoms with E-state index in [1.54, 1.807) is 13.0 Å². The number of nitrogens with zero attached hydrogens (tertiary/aromatic N) is 5. The van der Waals surface area contributed by atoms with Gasteiger partial charge in [0.25, 0.3) is 5.69 Å². The predicted octanol–water partition coefficient (Wildman–Crippen LogP) is 2.11. The van der Waals surface area contributed by atoms with Crippen LogP contribution >= 0.6 is 0 Å². The zero-order valence-corrected chi connectivity index (χ0v) is 12.6. The average Bonchev–Trinajstić information content (AvgIpc) is 2.93. The molecule has 1 unspecified atom stereocenters. The van der Waals surface area contributed by atoms with Gasteiger partial charge in [-0.25, -0.2) is 9.97 Å². The molecule has 1 saturated heterocycles. The van der Waals surface area contributed by atoms with Crippen LogP contribution in [-0.4, -0.2) is 38.2 Å². The minimum absolute atomic E-state index is 0.0573. The van der Waals surface area contributed by atoms with E-state index in [-0.39, 0.29) is 11.6 Å². The molecule has 22 heavy (non-hydrogen) atoms. The fourth-order valence-corrected chi connectivity index (χ4v) is 2.85. The number of H-pyrrole nitrogens is 1. The van der Waals surface area contributed by atoms with Crippen LogP contribution in [0.5, 0.6) is 0 Å². The van der Waals surface area contributed by atoms with Gasteiger partial charge >= 0.3 is 0 Å². The molecule has 0 radical (unpaired) electrons. The number of aromatic nitrogens is 4. The topological polar surface area (TPSA) is 101 Å². The molecule has 1 N–H and O–H groups in total. The Morgan fingerprint density at radius 1 is 1.36 bits per heavy atom. The molecule has 8 heteroatoms. The summed E-state index contributed by atoms with van der Waals surface area (Å²) in [6.07, 6.45) is 2.07. The first-order chi connectivity index (χ1) is 10.5. The molecule has 1 atom stereocenters. The molecular weight excluding hydrogens is 284 g/mol. The number of pyridine rings is 1. The fraction of sp³-hybridized carbons (Fsp3) is 0.500. The van der Waals surface area contributed by atoms with Crippen LogP contribution in [0.3, 0.4) is 0 Å². The third kappa shape index (κ3) is 2.76. The van der Waals surface area contributed by atoms with Crippen LogP contribution in [0.25, 0.3) is 0 Å². The lowest BCUT2D eigenvalue weighted by molar-refractivity contribution is -0.385. The van der Waals surface area contributed by atoms with Gasteiger partial charge in [-0.1, -0.05) is 0 Å². The summed E-state index contributed by atoms with van der Waals surface area (Å²) in [5, 5.41) is 18.0. The lowest BCUT2D eigenvalue weighted by Crippen LogP contribution is -2.35. The first-order valence-corrected chi connectivity index (χ1v) is 7.30. The number of anilines is 1. The Bertz CT molecular complexity index is 698.